The zero-order valence-corrected chi connectivity index (χ0v) is 12.3. The summed E-state index contributed by atoms with van der Waals surface area (Å²) in [5, 5.41) is 5.43. The van der Waals surface area contributed by atoms with Gasteiger partial charge in [-0.05, 0) is 25.5 Å². The number of carbonyl (C=O) groups excluding carboxylic acids is 2. The second kappa shape index (κ2) is 9.77. The van der Waals surface area contributed by atoms with Crippen LogP contribution < -0.4 is 10.6 Å². The van der Waals surface area contributed by atoms with Gasteiger partial charge in [0.25, 0.3) is 5.91 Å². The first-order valence-electron chi connectivity index (χ1n) is 6.90. The summed E-state index contributed by atoms with van der Waals surface area (Å²) in [5.41, 5.74) is 0.952. The van der Waals surface area contributed by atoms with Gasteiger partial charge in [-0.15, -0.1) is 0 Å². The summed E-state index contributed by atoms with van der Waals surface area (Å²) in [5.74, 6) is -0.0520. The molecule has 0 saturated heterocycles. The van der Waals surface area contributed by atoms with Gasteiger partial charge in [0.1, 0.15) is 0 Å². The van der Waals surface area contributed by atoms with E-state index in [0.29, 0.717) is 39.1 Å². The molecule has 0 saturated carbocycles. The molecule has 0 atom stereocenters. The molecule has 116 valence electrons. The summed E-state index contributed by atoms with van der Waals surface area (Å²) in [4.78, 5) is 23.0. The average molecular weight is 294 g/mol. The molecule has 0 aliphatic rings. The molecule has 0 fully saturated rings. The Balaban J connectivity index is 1.98. The number of nitrogens with one attached hydrogen (secondary N) is 2. The number of carbonyl (C=O) groups is 2. The van der Waals surface area contributed by atoms with Crippen LogP contribution in [0.1, 0.15) is 30.3 Å². The zero-order chi connectivity index (χ0) is 15.5. The molecular formula is C15H22N2O4. The maximum absolute atomic E-state index is 11.5. The molecule has 1 aromatic rings. The van der Waals surface area contributed by atoms with Crippen molar-refractivity contribution in [1.29, 1.82) is 0 Å². The van der Waals surface area contributed by atoms with Gasteiger partial charge in [0.15, 0.2) is 5.76 Å². The van der Waals surface area contributed by atoms with E-state index < -0.39 is 0 Å². The third-order valence-electron chi connectivity index (χ3n) is 2.53. The van der Waals surface area contributed by atoms with Gasteiger partial charge < -0.3 is 19.8 Å². The van der Waals surface area contributed by atoms with Gasteiger partial charge in [-0.3, -0.25) is 9.59 Å². The Bertz CT molecular complexity index is 454. The van der Waals surface area contributed by atoms with E-state index in [4.69, 9.17) is 9.15 Å². The topological polar surface area (TPSA) is 80.6 Å². The van der Waals surface area contributed by atoms with Crippen LogP contribution in [0.2, 0.25) is 0 Å². The highest BCUT2D eigenvalue weighted by atomic mass is 16.5. The van der Waals surface area contributed by atoms with E-state index in [2.05, 4.69) is 17.2 Å². The largest absolute Gasteiger partial charge is 0.459 e. The van der Waals surface area contributed by atoms with Gasteiger partial charge in [0, 0.05) is 19.5 Å². The minimum Gasteiger partial charge on any atom is -0.459 e. The molecule has 0 radical (unpaired) electrons. The standard InChI is InChI=1S/C15H22N2O4/c1-12(2)11-20-10-8-16-14(18)6-3-7-17-15(19)13-5-4-9-21-13/h4-5,9H,1,3,6-8,10-11H2,2H3,(H,16,18)(H,17,19). The average Bonchev–Trinajstić information content (AvgIpc) is 2.97. The smallest absolute Gasteiger partial charge is 0.286 e. The van der Waals surface area contributed by atoms with Crippen molar-refractivity contribution < 1.29 is 18.7 Å². The van der Waals surface area contributed by atoms with Gasteiger partial charge in [-0.1, -0.05) is 12.2 Å². The van der Waals surface area contributed by atoms with E-state index in [9.17, 15) is 9.59 Å². The number of furan rings is 1. The van der Waals surface area contributed by atoms with Crippen molar-refractivity contribution >= 4 is 11.8 Å². The van der Waals surface area contributed by atoms with Crippen LogP contribution >= 0.6 is 0 Å². The summed E-state index contributed by atoms with van der Waals surface area (Å²) in [7, 11) is 0. The number of hydrogen-bond donors (Lipinski definition) is 2. The van der Waals surface area contributed by atoms with Crippen molar-refractivity contribution in [3.8, 4) is 0 Å². The van der Waals surface area contributed by atoms with Gasteiger partial charge in [-0.25, -0.2) is 0 Å². The van der Waals surface area contributed by atoms with Gasteiger partial charge >= 0.3 is 0 Å². The molecule has 2 amide bonds. The van der Waals surface area contributed by atoms with E-state index in [0.717, 1.165) is 5.57 Å². The van der Waals surface area contributed by atoms with Crippen LogP contribution in [0.3, 0.4) is 0 Å². The van der Waals surface area contributed by atoms with Gasteiger partial charge in [-0.2, -0.15) is 0 Å². The Kier molecular flexibility index (Phi) is 7.89. The van der Waals surface area contributed by atoms with Crippen molar-refractivity contribution in [1.82, 2.24) is 10.6 Å². The van der Waals surface area contributed by atoms with E-state index in [1.807, 2.05) is 6.92 Å². The van der Waals surface area contributed by atoms with Crippen LogP contribution in [0.5, 0.6) is 0 Å². The van der Waals surface area contributed by atoms with Crippen molar-refractivity contribution in [3.63, 3.8) is 0 Å². The molecule has 0 aromatic carbocycles. The van der Waals surface area contributed by atoms with Crippen LogP contribution in [-0.2, 0) is 9.53 Å². The predicted molar refractivity (Wildman–Crippen MR) is 78.9 cm³/mol. The minimum absolute atomic E-state index is 0.0545. The Labute approximate surface area is 124 Å². The number of rotatable bonds is 10. The fraction of sp³-hybridized carbons (Fsp3) is 0.467. The maximum Gasteiger partial charge on any atom is 0.286 e. The molecule has 0 bridgehead atoms. The molecule has 2 N–H and O–H groups in total. The molecule has 0 aliphatic heterocycles. The number of ether oxygens (including phenoxy) is 1. The molecule has 0 aliphatic carbocycles. The lowest BCUT2D eigenvalue weighted by atomic mass is 10.3. The van der Waals surface area contributed by atoms with Crippen molar-refractivity contribution in [3.05, 3.63) is 36.3 Å². The van der Waals surface area contributed by atoms with E-state index in [-0.39, 0.29) is 17.6 Å². The monoisotopic (exact) mass is 294 g/mol. The Morgan fingerprint density at radius 1 is 1.33 bits per heavy atom. The highest BCUT2D eigenvalue weighted by Crippen LogP contribution is 1.99. The summed E-state index contributed by atoms with van der Waals surface area (Å²) in [6.07, 6.45) is 2.38. The fourth-order valence-corrected chi connectivity index (χ4v) is 1.54. The van der Waals surface area contributed by atoms with Crippen molar-refractivity contribution in [2.75, 3.05) is 26.3 Å². The van der Waals surface area contributed by atoms with Gasteiger partial charge in [0.05, 0.1) is 19.5 Å². The quantitative estimate of drug-likeness (QED) is 0.506. The summed E-state index contributed by atoms with van der Waals surface area (Å²) in [6.45, 7) is 7.48. The lowest BCUT2D eigenvalue weighted by molar-refractivity contribution is -0.121. The molecule has 1 aromatic heterocycles. The number of hydrogen-bond acceptors (Lipinski definition) is 4. The molecule has 0 spiro atoms. The van der Waals surface area contributed by atoms with Crippen molar-refractivity contribution in [2.24, 2.45) is 0 Å². The van der Waals surface area contributed by atoms with Crippen LogP contribution in [-0.4, -0.2) is 38.1 Å². The zero-order valence-electron chi connectivity index (χ0n) is 12.3. The highest BCUT2D eigenvalue weighted by Gasteiger charge is 2.07. The highest BCUT2D eigenvalue weighted by molar-refractivity contribution is 5.91. The van der Waals surface area contributed by atoms with E-state index >= 15 is 0 Å². The van der Waals surface area contributed by atoms with Crippen LogP contribution in [0.15, 0.2) is 35.0 Å². The Hall–Kier alpha value is -2.08. The fourth-order valence-electron chi connectivity index (χ4n) is 1.54. The predicted octanol–water partition coefficient (Wildman–Crippen LogP) is 1.50. The third kappa shape index (κ3) is 7.94. The summed E-state index contributed by atoms with van der Waals surface area (Å²) < 4.78 is 10.2. The second-order valence-electron chi connectivity index (χ2n) is 4.70. The third-order valence-corrected chi connectivity index (χ3v) is 2.53. The minimum atomic E-state index is -0.270. The molecule has 6 nitrogen and oxygen atoms in total. The van der Waals surface area contributed by atoms with Gasteiger partial charge in [0.2, 0.25) is 5.91 Å². The Morgan fingerprint density at radius 2 is 2.14 bits per heavy atom. The molecule has 1 heterocycles. The molecule has 6 heteroatoms. The lowest BCUT2D eigenvalue weighted by Gasteiger charge is -2.06. The van der Waals surface area contributed by atoms with E-state index in [1.165, 1.54) is 6.26 Å². The SMILES string of the molecule is C=C(C)COCCNC(=O)CCCNC(=O)c1ccco1. The maximum atomic E-state index is 11.5. The molecule has 0 unspecified atom stereocenters. The molecule has 21 heavy (non-hydrogen) atoms. The summed E-state index contributed by atoms with van der Waals surface area (Å²) >= 11 is 0. The van der Waals surface area contributed by atoms with Crippen LogP contribution in [0, 0.1) is 0 Å². The van der Waals surface area contributed by atoms with Crippen molar-refractivity contribution in [2.45, 2.75) is 19.8 Å². The first-order chi connectivity index (χ1) is 10.1. The lowest BCUT2D eigenvalue weighted by Crippen LogP contribution is -2.29. The Morgan fingerprint density at radius 3 is 2.81 bits per heavy atom. The second-order valence-corrected chi connectivity index (χ2v) is 4.70. The molecule has 1 rings (SSSR count). The number of amides is 2. The van der Waals surface area contributed by atoms with E-state index in [1.54, 1.807) is 12.1 Å². The molecular weight excluding hydrogens is 272 g/mol. The first kappa shape index (κ1) is 17.0. The first-order valence-corrected chi connectivity index (χ1v) is 6.90. The van der Waals surface area contributed by atoms with Crippen LogP contribution in [0.4, 0.5) is 0 Å². The van der Waals surface area contributed by atoms with Crippen LogP contribution in [0.25, 0.3) is 0 Å². The normalized spacial score (nSPS) is 10.1. The summed E-state index contributed by atoms with van der Waals surface area (Å²) in [6, 6.07) is 3.24.